The molecule has 0 aromatic carbocycles. The Morgan fingerprint density at radius 3 is 2.84 bits per heavy atom. The summed E-state index contributed by atoms with van der Waals surface area (Å²) in [6.07, 6.45) is 12.7. The molecule has 0 radical (unpaired) electrons. The zero-order valence-electron chi connectivity index (χ0n) is 11.8. The van der Waals surface area contributed by atoms with E-state index < -0.39 is 0 Å². The Morgan fingerprint density at radius 2 is 2.05 bits per heavy atom. The van der Waals surface area contributed by atoms with Crippen molar-refractivity contribution in [1.82, 2.24) is 19.8 Å². The number of piperidine rings is 1. The van der Waals surface area contributed by atoms with E-state index in [4.69, 9.17) is 0 Å². The van der Waals surface area contributed by atoms with Crippen molar-refractivity contribution in [3.63, 3.8) is 0 Å². The van der Waals surface area contributed by atoms with Crippen LogP contribution >= 0.6 is 0 Å². The average Bonchev–Trinajstić information content (AvgIpc) is 3.11. The molecule has 3 heterocycles. The van der Waals surface area contributed by atoms with Crippen LogP contribution in [0.1, 0.15) is 32.1 Å². The fraction of sp³-hybridized carbons (Fsp3) is 0.800. The molecule has 0 bridgehead atoms. The number of likely N-dealkylation sites (tertiary alicyclic amines) is 1. The molecule has 106 valence electrons. The van der Waals surface area contributed by atoms with Crippen molar-refractivity contribution in [2.24, 2.45) is 5.92 Å². The van der Waals surface area contributed by atoms with Crippen LogP contribution in [0.2, 0.25) is 0 Å². The molecular formula is C15H26N4. The Labute approximate surface area is 116 Å². The Hall–Kier alpha value is -0.870. The van der Waals surface area contributed by atoms with Crippen LogP contribution in [-0.2, 0) is 6.54 Å². The lowest BCUT2D eigenvalue weighted by Crippen LogP contribution is -2.41. The number of aromatic nitrogens is 2. The number of hydrogen-bond acceptors (Lipinski definition) is 3. The largest absolute Gasteiger partial charge is 0.337 e. The molecule has 1 aromatic heterocycles. The normalized spacial score (nSPS) is 26.0. The van der Waals surface area contributed by atoms with E-state index in [1.165, 1.54) is 58.3 Å². The molecule has 4 heteroatoms. The van der Waals surface area contributed by atoms with Crippen LogP contribution in [0.15, 0.2) is 18.7 Å². The van der Waals surface area contributed by atoms with Gasteiger partial charge >= 0.3 is 0 Å². The predicted octanol–water partition coefficient (Wildman–Crippen LogP) is 1.74. The number of nitrogens with one attached hydrogen (secondary N) is 1. The van der Waals surface area contributed by atoms with Crippen molar-refractivity contribution >= 4 is 0 Å². The first-order valence-electron chi connectivity index (χ1n) is 7.84. The van der Waals surface area contributed by atoms with Crippen LogP contribution in [0, 0.1) is 5.92 Å². The zero-order valence-corrected chi connectivity index (χ0v) is 11.8. The van der Waals surface area contributed by atoms with Gasteiger partial charge in [0.25, 0.3) is 0 Å². The summed E-state index contributed by atoms with van der Waals surface area (Å²) in [6.45, 7) is 6.13. The molecule has 19 heavy (non-hydrogen) atoms. The minimum atomic E-state index is 0.866. The standard InChI is InChI=1S/C15H26N4/c1-3-15(14-4-6-16-7-5-14)19(10-1)11-2-9-18-12-8-17-13-18/h8,12-16H,1-7,9-11H2. The first-order valence-corrected chi connectivity index (χ1v) is 7.84. The summed E-state index contributed by atoms with van der Waals surface area (Å²) in [7, 11) is 0. The van der Waals surface area contributed by atoms with E-state index in [2.05, 4.69) is 26.0 Å². The highest BCUT2D eigenvalue weighted by Gasteiger charge is 2.31. The summed E-state index contributed by atoms with van der Waals surface area (Å²) in [4.78, 5) is 6.86. The van der Waals surface area contributed by atoms with Gasteiger partial charge in [0, 0.05) is 31.5 Å². The molecule has 1 atom stereocenters. The van der Waals surface area contributed by atoms with Gasteiger partial charge in [0.15, 0.2) is 0 Å². The van der Waals surface area contributed by atoms with Gasteiger partial charge < -0.3 is 14.8 Å². The Balaban J connectivity index is 1.46. The van der Waals surface area contributed by atoms with Crippen molar-refractivity contribution in [2.45, 2.75) is 44.7 Å². The molecule has 1 aromatic rings. The molecule has 2 aliphatic rings. The molecule has 0 aliphatic carbocycles. The molecule has 0 saturated carbocycles. The highest BCUT2D eigenvalue weighted by atomic mass is 15.2. The molecule has 0 amide bonds. The van der Waals surface area contributed by atoms with E-state index in [9.17, 15) is 0 Å². The topological polar surface area (TPSA) is 33.1 Å². The first kappa shape index (κ1) is 13.1. The van der Waals surface area contributed by atoms with Crippen LogP contribution in [0.4, 0.5) is 0 Å². The highest BCUT2D eigenvalue weighted by Crippen LogP contribution is 2.29. The van der Waals surface area contributed by atoms with Gasteiger partial charge in [-0.05, 0) is 57.7 Å². The molecule has 2 aliphatic heterocycles. The Morgan fingerprint density at radius 1 is 1.16 bits per heavy atom. The molecule has 4 nitrogen and oxygen atoms in total. The van der Waals surface area contributed by atoms with E-state index in [-0.39, 0.29) is 0 Å². The predicted molar refractivity (Wildman–Crippen MR) is 77.0 cm³/mol. The molecular weight excluding hydrogens is 236 g/mol. The van der Waals surface area contributed by atoms with E-state index in [1.54, 1.807) is 0 Å². The minimum absolute atomic E-state index is 0.866. The summed E-state index contributed by atoms with van der Waals surface area (Å²) >= 11 is 0. The molecule has 3 rings (SSSR count). The highest BCUT2D eigenvalue weighted by molar-refractivity contribution is 4.87. The third kappa shape index (κ3) is 3.37. The lowest BCUT2D eigenvalue weighted by atomic mass is 9.88. The van der Waals surface area contributed by atoms with Crippen LogP contribution in [0.25, 0.3) is 0 Å². The van der Waals surface area contributed by atoms with Crippen molar-refractivity contribution in [3.8, 4) is 0 Å². The zero-order chi connectivity index (χ0) is 12.9. The number of hydrogen-bond donors (Lipinski definition) is 1. The van der Waals surface area contributed by atoms with Crippen molar-refractivity contribution < 1.29 is 0 Å². The summed E-state index contributed by atoms with van der Waals surface area (Å²) < 4.78 is 2.19. The fourth-order valence-corrected chi connectivity index (χ4v) is 3.77. The van der Waals surface area contributed by atoms with Gasteiger partial charge in [0.05, 0.1) is 6.33 Å². The van der Waals surface area contributed by atoms with Gasteiger partial charge in [-0.15, -0.1) is 0 Å². The molecule has 1 N–H and O–H groups in total. The van der Waals surface area contributed by atoms with Crippen molar-refractivity contribution in [2.75, 3.05) is 26.2 Å². The summed E-state index contributed by atoms with van der Waals surface area (Å²) in [5.41, 5.74) is 0. The number of rotatable bonds is 5. The third-order valence-electron chi connectivity index (χ3n) is 4.76. The maximum absolute atomic E-state index is 4.10. The van der Waals surface area contributed by atoms with E-state index in [0.29, 0.717) is 0 Å². The number of nitrogens with zero attached hydrogens (tertiary/aromatic N) is 3. The number of aryl methyl sites for hydroxylation is 1. The molecule has 0 spiro atoms. The van der Waals surface area contributed by atoms with Gasteiger partial charge in [0.1, 0.15) is 0 Å². The molecule has 2 fully saturated rings. The van der Waals surface area contributed by atoms with Gasteiger partial charge in [-0.1, -0.05) is 0 Å². The summed E-state index contributed by atoms with van der Waals surface area (Å²) in [5, 5.41) is 3.49. The quantitative estimate of drug-likeness (QED) is 0.877. The second-order valence-electron chi connectivity index (χ2n) is 5.99. The van der Waals surface area contributed by atoms with Crippen molar-refractivity contribution in [1.29, 1.82) is 0 Å². The second-order valence-corrected chi connectivity index (χ2v) is 5.99. The summed E-state index contributed by atoms with van der Waals surface area (Å²) in [6, 6.07) is 0.866. The van der Waals surface area contributed by atoms with E-state index >= 15 is 0 Å². The van der Waals surface area contributed by atoms with Crippen LogP contribution < -0.4 is 5.32 Å². The van der Waals surface area contributed by atoms with Crippen LogP contribution in [0.3, 0.4) is 0 Å². The average molecular weight is 262 g/mol. The minimum Gasteiger partial charge on any atom is -0.337 e. The number of imidazole rings is 1. The molecule has 1 unspecified atom stereocenters. The fourth-order valence-electron chi connectivity index (χ4n) is 3.77. The lowest BCUT2D eigenvalue weighted by Gasteiger charge is -2.34. The van der Waals surface area contributed by atoms with Gasteiger partial charge in [-0.2, -0.15) is 0 Å². The second kappa shape index (κ2) is 6.53. The monoisotopic (exact) mass is 262 g/mol. The van der Waals surface area contributed by atoms with Gasteiger partial charge in [-0.3, -0.25) is 0 Å². The van der Waals surface area contributed by atoms with Gasteiger partial charge in [-0.25, -0.2) is 4.98 Å². The third-order valence-corrected chi connectivity index (χ3v) is 4.76. The smallest absolute Gasteiger partial charge is 0.0945 e. The van der Waals surface area contributed by atoms with E-state index in [1.807, 2.05) is 12.5 Å². The van der Waals surface area contributed by atoms with Gasteiger partial charge in [0.2, 0.25) is 0 Å². The Kier molecular flexibility index (Phi) is 4.51. The van der Waals surface area contributed by atoms with Crippen LogP contribution in [0.5, 0.6) is 0 Å². The van der Waals surface area contributed by atoms with Crippen LogP contribution in [-0.4, -0.2) is 46.7 Å². The maximum Gasteiger partial charge on any atom is 0.0945 e. The first-order chi connectivity index (χ1) is 9.43. The SMILES string of the molecule is c1cn(CCCN2CCCC2C2CCNCC2)cn1. The Bertz CT molecular complexity index is 356. The lowest BCUT2D eigenvalue weighted by molar-refractivity contribution is 0.159. The maximum atomic E-state index is 4.10. The van der Waals surface area contributed by atoms with E-state index in [0.717, 1.165) is 18.5 Å². The molecule has 2 saturated heterocycles. The summed E-state index contributed by atoms with van der Waals surface area (Å²) in [5.74, 6) is 0.942. The van der Waals surface area contributed by atoms with Crippen molar-refractivity contribution in [3.05, 3.63) is 18.7 Å².